The molecule has 310 valence electrons. The Bertz CT molecular complexity index is 1690. The molecule has 0 unspecified atom stereocenters. The van der Waals surface area contributed by atoms with Crippen LogP contribution in [0, 0.1) is 0 Å². The van der Waals surface area contributed by atoms with Crippen molar-refractivity contribution < 1.29 is 28.5 Å². The quantitative estimate of drug-likeness (QED) is 0.0467. The molecule has 18 heteroatoms. The number of fused-ring (bicyclic) bond motifs is 1. The number of nitrogens with one attached hydrogen (secondary N) is 6. The zero-order valence-corrected chi connectivity index (χ0v) is 33.4. The van der Waals surface area contributed by atoms with Crippen molar-refractivity contribution in [2.75, 3.05) is 69.2 Å². The molecule has 1 atom stereocenters. The summed E-state index contributed by atoms with van der Waals surface area (Å²) in [6.45, 7) is 6.25. The average Bonchev–Trinajstić information content (AvgIpc) is 3.65. The molecule has 2 aromatic heterocycles. The van der Waals surface area contributed by atoms with Crippen LogP contribution < -0.4 is 37.6 Å². The first-order valence-electron chi connectivity index (χ1n) is 20.3. The molecule has 0 radical (unpaired) electrons. The maximum Gasteiger partial charge on any atom is 0.327 e. The number of aromatic nitrogens is 3. The number of para-hydroxylation sites is 1. The van der Waals surface area contributed by atoms with Gasteiger partial charge in [-0.05, 0) is 76.7 Å². The number of nitrogens with two attached hydrogens (primary N) is 1. The van der Waals surface area contributed by atoms with Gasteiger partial charge in [-0.2, -0.15) is 4.98 Å². The highest BCUT2D eigenvalue weighted by atomic mass is 31.2. The van der Waals surface area contributed by atoms with Gasteiger partial charge in [-0.25, -0.2) is 4.98 Å². The van der Waals surface area contributed by atoms with Gasteiger partial charge in [0.1, 0.15) is 17.3 Å². The Balaban J connectivity index is 0.967. The second kappa shape index (κ2) is 22.9. The first-order valence-corrected chi connectivity index (χ1v) is 22.1. The van der Waals surface area contributed by atoms with E-state index in [1.54, 1.807) is 0 Å². The Kier molecular flexibility index (Phi) is 17.7. The van der Waals surface area contributed by atoms with Crippen molar-refractivity contribution in [3.63, 3.8) is 0 Å². The van der Waals surface area contributed by atoms with Crippen molar-refractivity contribution in [1.82, 2.24) is 41.3 Å². The van der Waals surface area contributed by atoms with Crippen molar-refractivity contribution in [3.05, 3.63) is 41.8 Å². The predicted octanol–water partition coefficient (Wildman–Crippen LogP) is 2.46. The minimum absolute atomic E-state index is 0.0824. The lowest BCUT2D eigenvalue weighted by Crippen LogP contribution is -2.43. The van der Waals surface area contributed by atoms with Crippen LogP contribution >= 0.6 is 7.60 Å². The summed E-state index contributed by atoms with van der Waals surface area (Å²) in [6, 6.07) is 9.99. The highest BCUT2D eigenvalue weighted by molar-refractivity contribution is 7.51. The number of hydrogen-bond acceptors (Lipinski definition) is 13. The summed E-state index contributed by atoms with van der Waals surface area (Å²) in [5.41, 5.74) is 7.48. The summed E-state index contributed by atoms with van der Waals surface area (Å²) in [5.74, 6) is 1.45. The molecule has 1 aliphatic carbocycles. The zero-order valence-electron chi connectivity index (χ0n) is 32.5. The van der Waals surface area contributed by atoms with E-state index >= 15 is 0 Å². The van der Waals surface area contributed by atoms with Gasteiger partial charge in [0, 0.05) is 69.1 Å². The lowest BCUT2D eigenvalue weighted by atomic mass is 9.95. The largest absolute Gasteiger partial charge is 0.367 e. The van der Waals surface area contributed by atoms with Crippen molar-refractivity contribution >= 4 is 42.1 Å². The van der Waals surface area contributed by atoms with E-state index in [9.17, 15) is 14.2 Å². The Morgan fingerprint density at radius 3 is 2.54 bits per heavy atom. The maximum atomic E-state index is 12.3. The maximum absolute atomic E-state index is 12.3. The van der Waals surface area contributed by atoms with Gasteiger partial charge in [0.15, 0.2) is 0 Å². The van der Waals surface area contributed by atoms with Crippen LogP contribution in [0.4, 0.5) is 11.8 Å². The molecule has 10 N–H and O–H groups in total. The van der Waals surface area contributed by atoms with E-state index in [4.69, 9.17) is 30.0 Å². The summed E-state index contributed by atoms with van der Waals surface area (Å²) in [7, 11) is -4.20. The highest BCUT2D eigenvalue weighted by Gasteiger charge is 2.22. The van der Waals surface area contributed by atoms with Crippen LogP contribution in [0.5, 0.6) is 0 Å². The molecule has 3 aromatic rings. The fourth-order valence-corrected chi connectivity index (χ4v) is 7.54. The Labute approximate surface area is 329 Å². The number of benzene rings is 1. The molecule has 2 amide bonds. The number of likely N-dealkylation sites (tertiary alicyclic amines) is 1. The summed E-state index contributed by atoms with van der Waals surface area (Å²) in [4.78, 5) is 54.0. The number of piperidine rings is 1. The lowest BCUT2D eigenvalue weighted by molar-refractivity contribution is -0.123. The van der Waals surface area contributed by atoms with Crippen LogP contribution in [0.1, 0.15) is 82.1 Å². The molecular formula is C38H62N11O6P. The topological polar surface area (TPSA) is 245 Å². The molecule has 5 rings (SSSR count). The van der Waals surface area contributed by atoms with Crippen LogP contribution in [0.2, 0.25) is 0 Å². The number of carbonyl (C=O) groups excluding carboxylic acids is 2. The van der Waals surface area contributed by atoms with Gasteiger partial charge in [0.25, 0.3) is 0 Å². The lowest BCUT2D eigenvalue weighted by Gasteiger charge is -2.32. The van der Waals surface area contributed by atoms with E-state index in [0.717, 1.165) is 99.0 Å². The fourth-order valence-electron chi connectivity index (χ4n) is 7.14. The average molecular weight is 800 g/mol. The predicted molar refractivity (Wildman–Crippen MR) is 217 cm³/mol. The molecule has 1 saturated heterocycles. The van der Waals surface area contributed by atoms with Gasteiger partial charge in [0.2, 0.25) is 17.8 Å². The Hall–Kier alpha value is -3.70. The molecule has 0 spiro atoms. The van der Waals surface area contributed by atoms with E-state index in [0.29, 0.717) is 25.6 Å². The van der Waals surface area contributed by atoms with Crippen LogP contribution in [-0.2, 0) is 27.1 Å². The summed E-state index contributed by atoms with van der Waals surface area (Å²) < 4.78 is 16.5. The van der Waals surface area contributed by atoms with Crippen molar-refractivity contribution in [3.8, 4) is 0 Å². The van der Waals surface area contributed by atoms with Crippen LogP contribution in [-0.4, -0.2) is 118 Å². The minimum Gasteiger partial charge on any atom is -0.367 e. The standard InChI is InChI=1S/C38H62N11O6P/c39-33(37(51)43-21-25-56(52,53)54)13-14-35(50)42-20-24-49-22-15-29(16-23-49)45-36-32-11-4-5-12-34(32)46-38(47-36)44-27-30-26-31(55-48-30)10-6-17-40-18-7-19-41-28-8-2-1-3-9-28/h4-5,11-12,26,28-29,33,40-41H,1-3,6-10,13-25,27,39H2,(H,42,50)(H,43,51)(H2,52,53,54)(H2,44,45,46,47)/t33-/m0/s1. The summed E-state index contributed by atoms with van der Waals surface area (Å²) in [6.07, 6.45) is 11.3. The highest BCUT2D eigenvalue weighted by Crippen LogP contribution is 2.32. The molecule has 2 fully saturated rings. The van der Waals surface area contributed by atoms with Gasteiger partial charge in [-0.15, -0.1) is 0 Å². The second-order valence-corrected chi connectivity index (χ2v) is 16.8. The number of rotatable bonds is 24. The molecule has 2 aliphatic rings. The zero-order chi connectivity index (χ0) is 39.6. The Morgan fingerprint density at radius 2 is 1.73 bits per heavy atom. The number of amides is 2. The third-order valence-corrected chi connectivity index (χ3v) is 11.2. The normalized spacial score (nSPS) is 16.5. The minimum atomic E-state index is -4.20. The van der Waals surface area contributed by atoms with Gasteiger partial charge in [-0.3, -0.25) is 14.2 Å². The number of carbonyl (C=O) groups is 2. The van der Waals surface area contributed by atoms with Crippen LogP contribution in [0.25, 0.3) is 10.9 Å². The van der Waals surface area contributed by atoms with Gasteiger partial charge >= 0.3 is 7.60 Å². The van der Waals surface area contributed by atoms with Gasteiger partial charge in [-0.1, -0.05) is 36.6 Å². The van der Waals surface area contributed by atoms with Crippen molar-refractivity contribution in [2.24, 2.45) is 5.73 Å². The van der Waals surface area contributed by atoms with E-state index in [2.05, 4.69) is 42.0 Å². The summed E-state index contributed by atoms with van der Waals surface area (Å²) >= 11 is 0. The first kappa shape index (κ1) is 43.4. The number of anilines is 2. The number of aryl methyl sites for hydroxylation is 1. The Morgan fingerprint density at radius 1 is 0.946 bits per heavy atom. The summed E-state index contributed by atoms with van der Waals surface area (Å²) in [5, 5.41) is 24.8. The van der Waals surface area contributed by atoms with E-state index in [1.807, 2.05) is 30.3 Å². The van der Waals surface area contributed by atoms with E-state index in [1.165, 1.54) is 32.1 Å². The monoisotopic (exact) mass is 799 g/mol. The molecule has 56 heavy (non-hydrogen) atoms. The van der Waals surface area contributed by atoms with Gasteiger partial charge in [0.05, 0.1) is 24.3 Å². The number of nitrogens with zero attached hydrogens (tertiary/aromatic N) is 4. The fraction of sp³-hybridized carbons (Fsp3) is 0.658. The van der Waals surface area contributed by atoms with Gasteiger partial charge < -0.3 is 56.8 Å². The second-order valence-electron chi connectivity index (χ2n) is 15.0. The molecule has 1 aromatic carbocycles. The van der Waals surface area contributed by atoms with E-state index in [-0.39, 0.29) is 31.3 Å². The SMILES string of the molecule is N[C@@H](CCC(=O)NCCN1CCC(Nc2nc(NCc3cc(CCCNCCCNC4CCCCC4)on3)nc3ccccc23)CC1)C(=O)NCCP(=O)(O)O. The van der Waals surface area contributed by atoms with Crippen LogP contribution in [0.15, 0.2) is 34.9 Å². The molecule has 17 nitrogen and oxygen atoms in total. The van der Waals surface area contributed by atoms with E-state index < -0.39 is 25.7 Å². The third-order valence-electron chi connectivity index (χ3n) is 10.4. The number of hydrogen-bond donors (Lipinski definition) is 9. The molecule has 3 heterocycles. The molecular weight excluding hydrogens is 737 g/mol. The first-order chi connectivity index (χ1) is 27.1. The van der Waals surface area contributed by atoms with Crippen LogP contribution in [0.3, 0.4) is 0 Å². The smallest absolute Gasteiger partial charge is 0.327 e. The molecule has 1 saturated carbocycles. The van der Waals surface area contributed by atoms with Crippen molar-refractivity contribution in [1.29, 1.82) is 0 Å². The third kappa shape index (κ3) is 15.7. The van der Waals surface area contributed by atoms with Crippen molar-refractivity contribution in [2.45, 2.75) is 102 Å². The molecule has 0 bridgehead atoms. The molecule has 1 aliphatic heterocycles.